The van der Waals surface area contributed by atoms with Gasteiger partial charge in [-0.15, -0.1) is 0 Å². The van der Waals surface area contributed by atoms with Crippen LogP contribution in [0.3, 0.4) is 0 Å². The summed E-state index contributed by atoms with van der Waals surface area (Å²) in [5, 5.41) is 0. The van der Waals surface area contributed by atoms with E-state index in [-0.39, 0.29) is 10.9 Å². The number of aryl methyl sites for hydroxylation is 1. The molecule has 2 rings (SSSR count). The van der Waals surface area contributed by atoms with E-state index in [9.17, 15) is 8.42 Å². The minimum absolute atomic E-state index is 0.0754. The minimum Gasteiger partial charge on any atom is -0.305 e. The molecule has 0 saturated heterocycles. The van der Waals surface area contributed by atoms with Gasteiger partial charge in [-0.05, 0) is 66.6 Å². The summed E-state index contributed by atoms with van der Waals surface area (Å²) in [6.07, 6.45) is 0.783. The van der Waals surface area contributed by atoms with Gasteiger partial charge in [-0.3, -0.25) is 0 Å². The summed E-state index contributed by atoms with van der Waals surface area (Å²) < 4.78 is 28.5. The fourth-order valence-electron chi connectivity index (χ4n) is 2.43. The number of halogens is 1. The Hall–Kier alpha value is -1.21. The summed E-state index contributed by atoms with van der Waals surface area (Å²) in [6.45, 7) is 2.28. The number of hydrogen-bond acceptors (Lipinski definition) is 3. The first-order valence-corrected chi connectivity index (χ1v) is 10.0. The van der Waals surface area contributed by atoms with E-state index in [4.69, 9.17) is 0 Å². The Balaban J connectivity index is 2.10. The average molecular weight is 411 g/mol. The van der Waals surface area contributed by atoms with Crippen LogP contribution in [0.5, 0.6) is 0 Å². The highest BCUT2D eigenvalue weighted by atomic mass is 79.9. The van der Waals surface area contributed by atoms with Gasteiger partial charge < -0.3 is 4.90 Å². The van der Waals surface area contributed by atoms with Gasteiger partial charge in [0.2, 0.25) is 10.0 Å². The molecule has 2 aromatic carbocycles. The van der Waals surface area contributed by atoms with Crippen molar-refractivity contribution in [2.45, 2.75) is 24.3 Å². The molecule has 0 bridgehead atoms. The molecule has 2 aromatic rings. The molecule has 0 saturated carbocycles. The number of rotatable bonds is 7. The normalized spacial score (nSPS) is 13.2. The molecule has 1 N–H and O–H groups in total. The van der Waals surface area contributed by atoms with Gasteiger partial charge in [-0.1, -0.05) is 36.4 Å². The molecule has 0 aliphatic carbocycles. The van der Waals surface area contributed by atoms with Crippen LogP contribution in [-0.4, -0.2) is 40.0 Å². The van der Waals surface area contributed by atoms with Crippen molar-refractivity contribution in [3.8, 4) is 0 Å². The van der Waals surface area contributed by atoms with Crippen molar-refractivity contribution < 1.29 is 8.42 Å². The molecule has 24 heavy (non-hydrogen) atoms. The van der Waals surface area contributed by atoms with Crippen molar-refractivity contribution in [1.82, 2.24) is 9.62 Å². The maximum Gasteiger partial charge on any atom is 0.241 e. The zero-order valence-corrected chi connectivity index (χ0v) is 16.6. The van der Waals surface area contributed by atoms with Gasteiger partial charge in [0.05, 0.1) is 4.90 Å². The minimum atomic E-state index is -3.55. The van der Waals surface area contributed by atoms with E-state index in [0.717, 1.165) is 12.0 Å². The van der Waals surface area contributed by atoms with E-state index in [2.05, 4.69) is 32.8 Å². The Bertz CT molecular complexity index is 777. The van der Waals surface area contributed by atoms with Crippen molar-refractivity contribution in [2.75, 3.05) is 20.6 Å². The van der Waals surface area contributed by atoms with Crippen LogP contribution in [-0.2, 0) is 16.4 Å². The van der Waals surface area contributed by atoms with Gasteiger partial charge in [0.25, 0.3) is 0 Å². The topological polar surface area (TPSA) is 49.4 Å². The van der Waals surface area contributed by atoms with Crippen LogP contribution in [0.25, 0.3) is 0 Å². The molecule has 0 amide bonds. The lowest BCUT2D eigenvalue weighted by Crippen LogP contribution is -2.41. The Labute approximate surface area is 153 Å². The lowest BCUT2D eigenvalue weighted by atomic mass is 10.1. The third-order valence-electron chi connectivity index (χ3n) is 3.93. The molecule has 6 heteroatoms. The van der Waals surface area contributed by atoms with Crippen LogP contribution in [0.15, 0.2) is 57.9 Å². The molecule has 4 nitrogen and oxygen atoms in total. The first-order valence-electron chi connectivity index (χ1n) is 7.76. The largest absolute Gasteiger partial charge is 0.305 e. The second-order valence-corrected chi connectivity index (χ2v) is 8.68. The molecule has 0 aliphatic heterocycles. The van der Waals surface area contributed by atoms with E-state index >= 15 is 0 Å². The second-order valence-electron chi connectivity index (χ2n) is 6.09. The van der Waals surface area contributed by atoms with Crippen LogP contribution in [0.4, 0.5) is 0 Å². The second kappa shape index (κ2) is 8.25. The Kier molecular flexibility index (Phi) is 6.57. The summed E-state index contributed by atoms with van der Waals surface area (Å²) in [4.78, 5) is 2.31. The van der Waals surface area contributed by atoms with Crippen molar-refractivity contribution in [1.29, 1.82) is 0 Å². The highest BCUT2D eigenvalue weighted by molar-refractivity contribution is 9.10. The fraction of sp³-hybridized carbons (Fsp3) is 0.333. The lowest BCUT2D eigenvalue weighted by Gasteiger charge is -2.25. The number of sulfonamides is 1. The summed E-state index contributed by atoms with van der Waals surface area (Å²) in [5.41, 5.74) is 2.20. The van der Waals surface area contributed by atoms with Crippen LogP contribution in [0.1, 0.15) is 11.1 Å². The highest BCUT2D eigenvalue weighted by Gasteiger charge is 2.20. The number of benzene rings is 2. The van der Waals surface area contributed by atoms with Crippen molar-refractivity contribution in [3.63, 3.8) is 0 Å². The van der Waals surface area contributed by atoms with Crippen LogP contribution >= 0.6 is 15.9 Å². The Morgan fingerprint density at radius 3 is 2.38 bits per heavy atom. The summed E-state index contributed by atoms with van der Waals surface area (Å²) in [7, 11) is 0.372. The Morgan fingerprint density at radius 1 is 1.12 bits per heavy atom. The lowest BCUT2D eigenvalue weighted by molar-refractivity contribution is 0.291. The fourth-order valence-corrected chi connectivity index (χ4v) is 4.69. The standard InChI is InChI=1S/C18H23BrN2O2S/c1-14-9-10-18(17(19)11-14)24(22,23)20-13-16(21(2)3)12-15-7-5-4-6-8-15/h4-11,16,20H,12-13H2,1-3H3. The molecule has 1 atom stereocenters. The average Bonchev–Trinajstić information content (AvgIpc) is 2.51. The van der Waals surface area contributed by atoms with Gasteiger partial charge >= 0.3 is 0 Å². The number of hydrogen-bond donors (Lipinski definition) is 1. The summed E-state index contributed by atoms with van der Waals surface area (Å²) in [6, 6.07) is 15.4. The van der Waals surface area contributed by atoms with Crippen LogP contribution in [0, 0.1) is 6.92 Å². The first-order chi connectivity index (χ1) is 11.3. The molecule has 1 unspecified atom stereocenters. The number of nitrogens with zero attached hydrogens (tertiary/aromatic N) is 1. The van der Waals surface area contributed by atoms with Gasteiger partial charge in [-0.25, -0.2) is 13.1 Å². The van der Waals surface area contributed by atoms with E-state index in [1.54, 1.807) is 12.1 Å². The molecular formula is C18H23BrN2O2S. The number of likely N-dealkylation sites (N-methyl/N-ethyl adjacent to an activating group) is 1. The molecule has 0 fully saturated rings. The summed E-state index contributed by atoms with van der Waals surface area (Å²) in [5.74, 6) is 0. The number of nitrogens with one attached hydrogen (secondary N) is 1. The van der Waals surface area contributed by atoms with E-state index in [1.165, 1.54) is 5.56 Å². The van der Waals surface area contributed by atoms with E-state index in [0.29, 0.717) is 11.0 Å². The smallest absolute Gasteiger partial charge is 0.241 e. The van der Waals surface area contributed by atoms with Crippen LogP contribution in [0.2, 0.25) is 0 Å². The maximum atomic E-state index is 12.6. The van der Waals surface area contributed by atoms with E-state index in [1.807, 2.05) is 50.2 Å². The third-order valence-corrected chi connectivity index (χ3v) is 6.33. The van der Waals surface area contributed by atoms with Crippen molar-refractivity contribution in [2.24, 2.45) is 0 Å². The van der Waals surface area contributed by atoms with Gasteiger partial charge in [-0.2, -0.15) is 0 Å². The highest BCUT2D eigenvalue weighted by Crippen LogP contribution is 2.23. The summed E-state index contributed by atoms with van der Waals surface area (Å²) >= 11 is 3.34. The zero-order valence-electron chi connectivity index (χ0n) is 14.2. The van der Waals surface area contributed by atoms with Gasteiger partial charge in [0.1, 0.15) is 0 Å². The quantitative estimate of drug-likeness (QED) is 0.761. The van der Waals surface area contributed by atoms with Crippen molar-refractivity contribution in [3.05, 3.63) is 64.1 Å². The molecule has 0 aliphatic rings. The van der Waals surface area contributed by atoms with Gasteiger partial charge in [0, 0.05) is 17.1 Å². The maximum absolute atomic E-state index is 12.6. The predicted molar refractivity (Wildman–Crippen MR) is 102 cm³/mol. The molecular weight excluding hydrogens is 388 g/mol. The molecule has 0 heterocycles. The first kappa shape index (κ1) is 19.1. The predicted octanol–water partition coefficient (Wildman–Crippen LogP) is 3.21. The molecule has 130 valence electrons. The SMILES string of the molecule is Cc1ccc(S(=O)(=O)NCC(Cc2ccccc2)N(C)C)c(Br)c1. The van der Waals surface area contributed by atoms with Crippen LogP contribution < -0.4 is 4.72 Å². The monoisotopic (exact) mass is 410 g/mol. The molecule has 0 radical (unpaired) electrons. The third kappa shape index (κ3) is 5.14. The molecule has 0 aromatic heterocycles. The molecule has 0 spiro atoms. The van der Waals surface area contributed by atoms with E-state index < -0.39 is 10.0 Å². The van der Waals surface area contributed by atoms with Crippen molar-refractivity contribution >= 4 is 26.0 Å². The Morgan fingerprint density at radius 2 is 1.79 bits per heavy atom. The zero-order chi connectivity index (χ0) is 17.7. The van der Waals surface area contributed by atoms with Gasteiger partial charge in [0.15, 0.2) is 0 Å².